The minimum Gasteiger partial charge on any atom is -0.437 e. The highest BCUT2D eigenvalue weighted by Gasteiger charge is 2.14. The SMILES string of the molecule is C[C@H](O)CN(Cc1ccccc1)C(=O)/C=C/c1nc2ccccc2o1. The van der Waals surface area contributed by atoms with Gasteiger partial charge in [0, 0.05) is 25.2 Å². The van der Waals surface area contributed by atoms with E-state index in [-0.39, 0.29) is 12.5 Å². The van der Waals surface area contributed by atoms with Crippen LogP contribution in [0.2, 0.25) is 0 Å². The number of fused-ring (bicyclic) bond motifs is 1. The minimum absolute atomic E-state index is 0.202. The molecule has 0 unspecified atom stereocenters. The number of aliphatic hydroxyl groups excluding tert-OH is 1. The molecule has 5 nitrogen and oxygen atoms in total. The van der Waals surface area contributed by atoms with Gasteiger partial charge in [-0.15, -0.1) is 0 Å². The molecule has 0 saturated heterocycles. The van der Waals surface area contributed by atoms with E-state index in [1.165, 1.54) is 6.08 Å². The van der Waals surface area contributed by atoms with Crippen LogP contribution >= 0.6 is 0 Å². The molecule has 25 heavy (non-hydrogen) atoms. The zero-order valence-electron chi connectivity index (χ0n) is 14.0. The van der Waals surface area contributed by atoms with Crippen LogP contribution in [0.1, 0.15) is 18.4 Å². The van der Waals surface area contributed by atoms with Crippen molar-refractivity contribution in [3.8, 4) is 0 Å². The zero-order chi connectivity index (χ0) is 17.6. The van der Waals surface area contributed by atoms with Crippen molar-refractivity contribution in [3.05, 3.63) is 72.1 Å². The van der Waals surface area contributed by atoms with Gasteiger partial charge >= 0.3 is 0 Å². The summed E-state index contributed by atoms with van der Waals surface area (Å²) in [6.45, 7) is 2.35. The lowest BCUT2D eigenvalue weighted by atomic mass is 10.2. The van der Waals surface area contributed by atoms with Crippen LogP contribution in [0, 0.1) is 0 Å². The Morgan fingerprint density at radius 2 is 1.92 bits per heavy atom. The molecule has 1 heterocycles. The second-order valence-electron chi connectivity index (χ2n) is 5.91. The van der Waals surface area contributed by atoms with Crippen molar-refractivity contribution in [2.45, 2.75) is 19.6 Å². The van der Waals surface area contributed by atoms with Gasteiger partial charge in [0.05, 0.1) is 6.10 Å². The molecule has 1 aromatic heterocycles. The van der Waals surface area contributed by atoms with E-state index in [4.69, 9.17) is 4.42 Å². The molecule has 0 aliphatic rings. The van der Waals surface area contributed by atoms with Crippen LogP contribution in [0.25, 0.3) is 17.2 Å². The quantitative estimate of drug-likeness (QED) is 0.702. The van der Waals surface area contributed by atoms with Gasteiger partial charge in [-0.2, -0.15) is 0 Å². The molecule has 1 atom stereocenters. The number of aliphatic hydroxyl groups is 1. The predicted octanol–water partition coefficient (Wildman–Crippen LogP) is 3.25. The molecule has 5 heteroatoms. The van der Waals surface area contributed by atoms with Gasteiger partial charge in [-0.05, 0) is 24.6 Å². The number of rotatable bonds is 6. The standard InChI is InChI=1S/C20H20N2O3/c1-15(23)13-22(14-16-7-3-2-4-8-16)20(24)12-11-19-21-17-9-5-6-10-18(17)25-19/h2-12,15,23H,13-14H2,1H3/b12-11+/t15-/m0/s1. The van der Waals surface area contributed by atoms with Crippen molar-refractivity contribution >= 4 is 23.1 Å². The number of hydrogen-bond donors (Lipinski definition) is 1. The molecule has 0 fully saturated rings. The lowest BCUT2D eigenvalue weighted by Gasteiger charge is -2.22. The summed E-state index contributed by atoms with van der Waals surface area (Å²) >= 11 is 0. The van der Waals surface area contributed by atoms with Crippen molar-refractivity contribution in [1.29, 1.82) is 0 Å². The molecule has 3 rings (SSSR count). The summed E-state index contributed by atoms with van der Waals surface area (Å²) in [6, 6.07) is 17.1. The van der Waals surface area contributed by atoms with Gasteiger partial charge in [-0.25, -0.2) is 4.98 Å². The van der Waals surface area contributed by atoms with E-state index in [9.17, 15) is 9.90 Å². The highest BCUT2D eigenvalue weighted by atomic mass is 16.3. The fourth-order valence-corrected chi connectivity index (χ4v) is 2.56. The normalized spacial score (nSPS) is 12.6. The third-order valence-corrected chi connectivity index (χ3v) is 3.69. The molecule has 0 radical (unpaired) electrons. The first-order chi connectivity index (χ1) is 12.1. The third-order valence-electron chi connectivity index (χ3n) is 3.69. The molecule has 0 saturated carbocycles. The number of para-hydroxylation sites is 2. The molecule has 2 aromatic carbocycles. The molecule has 0 bridgehead atoms. The Morgan fingerprint density at radius 1 is 1.20 bits per heavy atom. The number of oxazole rings is 1. The highest BCUT2D eigenvalue weighted by molar-refractivity contribution is 5.91. The van der Waals surface area contributed by atoms with Gasteiger partial charge in [-0.3, -0.25) is 4.79 Å². The van der Waals surface area contributed by atoms with Crippen LogP contribution in [0.15, 0.2) is 65.1 Å². The number of nitrogens with zero attached hydrogens (tertiary/aromatic N) is 2. The Balaban J connectivity index is 1.74. The Morgan fingerprint density at radius 3 is 2.64 bits per heavy atom. The molecule has 0 aliphatic heterocycles. The number of hydrogen-bond acceptors (Lipinski definition) is 4. The Bertz CT molecular complexity index is 836. The van der Waals surface area contributed by atoms with Crippen molar-refractivity contribution in [2.24, 2.45) is 0 Å². The maximum absolute atomic E-state index is 12.5. The lowest BCUT2D eigenvalue weighted by Crippen LogP contribution is -2.35. The Labute approximate surface area is 146 Å². The van der Waals surface area contributed by atoms with Crippen molar-refractivity contribution < 1.29 is 14.3 Å². The van der Waals surface area contributed by atoms with Crippen LogP contribution in [0.4, 0.5) is 0 Å². The van der Waals surface area contributed by atoms with Gasteiger partial charge in [-0.1, -0.05) is 42.5 Å². The topological polar surface area (TPSA) is 66.6 Å². The summed E-state index contributed by atoms with van der Waals surface area (Å²) in [4.78, 5) is 18.4. The van der Waals surface area contributed by atoms with Gasteiger partial charge in [0.25, 0.3) is 0 Å². The fraction of sp³-hybridized carbons (Fsp3) is 0.200. The molecule has 128 valence electrons. The number of amides is 1. The maximum atomic E-state index is 12.5. The molecular formula is C20H20N2O3. The zero-order valence-corrected chi connectivity index (χ0v) is 14.0. The van der Waals surface area contributed by atoms with Crippen LogP contribution < -0.4 is 0 Å². The summed E-state index contributed by atoms with van der Waals surface area (Å²) < 4.78 is 5.58. The Hall–Kier alpha value is -2.92. The van der Waals surface area contributed by atoms with Crippen LogP contribution in [-0.4, -0.2) is 33.5 Å². The number of aromatic nitrogens is 1. The number of carbonyl (C=O) groups excluding carboxylic acids is 1. The van der Waals surface area contributed by atoms with E-state index in [1.54, 1.807) is 17.9 Å². The number of benzene rings is 2. The van der Waals surface area contributed by atoms with Crippen LogP contribution in [-0.2, 0) is 11.3 Å². The number of carbonyl (C=O) groups is 1. The average molecular weight is 336 g/mol. The van der Waals surface area contributed by atoms with Gasteiger partial charge < -0.3 is 14.4 Å². The van der Waals surface area contributed by atoms with E-state index in [0.717, 1.165) is 11.1 Å². The minimum atomic E-state index is -0.606. The second-order valence-corrected chi connectivity index (χ2v) is 5.91. The summed E-state index contributed by atoms with van der Waals surface area (Å²) in [7, 11) is 0. The van der Waals surface area contributed by atoms with Crippen molar-refractivity contribution in [1.82, 2.24) is 9.88 Å². The second kappa shape index (κ2) is 7.77. The van der Waals surface area contributed by atoms with E-state index in [1.807, 2.05) is 54.6 Å². The summed E-state index contributed by atoms with van der Waals surface area (Å²) in [5.74, 6) is 0.179. The monoisotopic (exact) mass is 336 g/mol. The largest absolute Gasteiger partial charge is 0.437 e. The first-order valence-corrected chi connectivity index (χ1v) is 8.16. The van der Waals surface area contributed by atoms with Crippen LogP contribution in [0.3, 0.4) is 0 Å². The first kappa shape index (κ1) is 16.9. The van der Waals surface area contributed by atoms with E-state index >= 15 is 0 Å². The average Bonchev–Trinajstić information content (AvgIpc) is 3.02. The lowest BCUT2D eigenvalue weighted by molar-refractivity contribution is -0.127. The van der Waals surface area contributed by atoms with Gasteiger partial charge in [0.2, 0.25) is 11.8 Å². The summed E-state index contributed by atoms with van der Waals surface area (Å²) in [5, 5.41) is 9.68. The maximum Gasteiger partial charge on any atom is 0.247 e. The van der Waals surface area contributed by atoms with E-state index < -0.39 is 6.10 Å². The first-order valence-electron chi connectivity index (χ1n) is 8.16. The van der Waals surface area contributed by atoms with Gasteiger partial charge in [0.1, 0.15) is 5.52 Å². The van der Waals surface area contributed by atoms with E-state index in [2.05, 4.69) is 4.98 Å². The third kappa shape index (κ3) is 4.55. The summed E-state index contributed by atoms with van der Waals surface area (Å²) in [6.07, 6.45) is 2.38. The van der Waals surface area contributed by atoms with Crippen molar-refractivity contribution in [2.75, 3.05) is 6.54 Å². The molecular weight excluding hydrogens is 316 g/mol. The molecule has 0 spiro atoms. The molecule has 3 aromatic rings. The summed E-state index contributed by atoms with van der Waals surface area (Å²) in [5.41, 5.74) is 2.44. The highest BCUT2D eigenvalue weighted by Crippen LogP contribution is 2.15. The Kier molecular flexibility index (Phi) is 5.26. The smallest absolute Gasteiger partial charge is 0.247 e. The molecule has 0 aliphatic carbocycles. The van der Waals surface area contributed by atoms with Crippen LogP contribution in [0.5, 0.6) is 0 Å². The fourth-order valence-electron chi connectivity index (χ4n) is 2.56. The molecule has 1 amide bonds. The van der Waals surface area contributed by atoms with Crippen molar-refractivity contribution in [3.63, 3.8) is 0 Å². The van der Waals surface area contributed by atoms with E-state index in [0.29, 0.717) is 18.0 Å². The van der Waals surface area contributed by atoms with Gasteiger partial charge in [0.15, 0.2) is 5.58 Å². The predicted molar refractivity (Wildman–Crippen MR) is 96.6 cm³/mol. The molecule has 1 N–H and O–H groups in total.